The summed E-state index contributed by atoms with van der Waals surface area (Å²) >= 11 is 0. The smallest absolute Gasteiger partial charge is 0.376 e. The molecule has 0 saturated heterocycles. The molecule has 17 heavy (non-hydrogen) atoms. The maximum atomic E-state index is 11.2. The second kappa shape index (κ2) is 5.61. The molecule has 0 aromatic carbocycles. The van der Waals surface area contributed by atoms with Gasteiger partial charge in [-0.3, -0.25) is 0 Å². The van der Waals surface area contributed by atoms with Crippen LogP contribution < -0.4 is 5.32 Å². The summed E-state index contributed by atoms with van der Waals surface area (Å²) in [6, 6.07) is 1.73. The maximum absolute atomic E-state index is 11.2. The van der Waals surface area contributed by atoms with E-state index in [1.807, 2.05) is 0 Å². The molecule has 1 aromatic rings. The Morgan fingerprint density at radius 3 is 2.76 bits per heavy atom. The summed E-state index contributed by atoms with van der Waals surface area (Å²) in [4.78, 5) is 19.1. The summed E-state index contributed by atoms with van der Waals surface area (Å²) in [5, 5.41) is 3.16. The molecule has 94 valence electrons. The highest BCUT2D eigenvalue weighted by molar-refractivity contribution is 5.85. The lowest BCUT2D eigenvalue weighted by Crippen LogP contribution is -2.15. The number of nitrogens with zero attached hydrogens (tertiary/aromatic N) is 2. The molecule has 1 heterocycles. The zero-order chi connectivity index (χ0) is 12.9. The lowest BCUT2D eigenvalue weighted by Gasteiger charge is -2.18. The first-order valence-corrected chi connectivity index (χ1v) is 5.57. The van der Waals surface area contributed by atoms with E-state index in [1.54, 1.807) is 12.3 Å². The van der Waals surface area contributed by atoms with Crippen LogP contribution in [0.3, 0.4) is 0 Å². The second-order valence-corrected chi connectivity index (χ2v) is 4.99. The maximum Gasteiger partial charge on any atom is 0.376 e. The van der Waals surface area contributed by atoms with Crippen LogP contribution in [0.4, 0.5) is 5.82 Å². The first-order valence-electron chi connectivity index (χ1n) is 5.57. The second-order valence-electron chi connectivity index (χ2n) is 4.99. The number of carbonyl (C=O) groups is 1. The normalized spacial score (nSPS) is 11.1. The number of methoxy groups -OCH3 is 1. The Balaban J connectivity index is 2.57. The highest BCUT2D eigenvalue weighted by atomic mass is 16.5. The van der Waals surface area contributed by atoms with Gasteiger partial charge in [-0.2, -0.15) is 0 Å². The minimum Gasteiger partial charge on any atom is -0.463 e. The number of anilines is 1. The molecule has 1 rings (SSSR count). The van der Waals surface area contributed by atoms with Crippen LogP contribution in [0.5, 0.6) is 0 Å². The molecule has 0 aliphatic heterocycles. The molecule has 0 unspecified atom stereocenters. The van der Waals surface area contributed by atoms with E-state index in [0.29, 0.717) is 5.82 Å². The van der Waals surface area contributed by atoms with Crippen molar-refractivity contribution in [2.24, 2.45) is 5.41 Å². The average molecular weight is 237 g/mol. The Kier molecular flexibility index (Phi) is 4.43. The van der Waals surface area contributed by atoms with Crippen molar-refractivity contribution in [3.63, 3.8) is 0 Å². The Morgan fingerprint density at radius 1 is 1.47 bits per heavy atom. The van der Waals surface area contributed by atoms with Gasteiger partial charge in [-0.05, 0) is 17.9 Å². The number of hydrogen-bond acceptors (Lipinski definition) is 5. The number of carbonyl (C=O) groups excluding carboxylic acids is 1. The van der Waals surface area contributed by atoms with E-state index >= 15 is 0 Å². The highest BCUT2D eigenvalue weighted by Crippen LogP contribution is 2.18. The van der Waals surface area contributed by atoms with Gasteiger partial charge in [0.15, 0.2) is 0 Å². The summed E-state index contributed by atoms with van der Waals surface area (Å²) in [6.07, 6.45) is 2.56. The van der Waals surface area contributed by atoms with E-state index in [1.165, 1.54) is 7.11 Å². The van der Waals surface area contributed by atoms with Gasteiger partial charge in [0.2, 0.25) is 5.82 Å². The van der Waals surface area contributed by atoms with Crippen LogP contribution >= 0.6 is 0 Å². The number of hydrogen-bond donors (Lipinski definition) is 1. The van der Waals surface area contributed by atoms with E-state index in [9.17, 15) is 4.79 Å². The van der Waals surface area contributed by atoms with Gasteiger partial charge in [-0.15, -0.1) is 0 Å². The van der Waals surface area contributed by atoms with Gasteiger partial charge in [-0.1, -0.05) is 20.8 Å². The van der Waals surface area contributed by atoms with Crippen molar-refractivity contribution in [1.29, 1.82) is 0 Å². The lowest BCUT2D eigenvalue weighted by atomic mass is 9.92. The van der Waals surface area contributed by atoms with Gasteiger partial charge in [0, 0.05) is 12.7 Å². The predicted octanol–water partition coefficient (Wildman–Crippen LogP) is 2.11. The summed E-state index contributed by atoms with van der Waals surface area (Å²) < 4.78 is 4.56. The number of rotatable bonds is 4. The number of ether oxygens (including phenoxy) is 1. The first kappa shape index (κ1) is 13.4. The largest absolute Gasteiger partial charge is 0.463 e. The zero-order valence-electron chi connectivity index (χ0n) is 10.8. The topological polar surface area (TPSA) is 64.1 Å². The standard InChI is InChI=1S/C12H19N3O2/c1-12(2,3)6-8-13-9-5-7-14-10(15-9)11(16)17-4/h5,7H,6,8H2,1-4H3,(H,13,14,15). The first-order chi connectivity index (χ1) is 7.92. The van der Waals surface area contributed by atoms with Crippen molar-refractivity contribution < 1.29 is 9.53 Å². The molecule has 0 radical (unpaired) electrons. The average Bonchev–Trinajstić information content (AvgIpc) is 2.27. The van der Waals surface area contributed by atoms with Gasteiger partial charge >= 0.3 is 5.97 Å². The summed E-state index contributed by atoms with van der Waals surface area (Å²) in [6.45, 7) is 7.33. The van der Waals surface area contributed by atoms with Crippen molar-refractivity contribution in [1.82, 2.24) is 9.97 Å². The molecule has 1 N–H and O–H groups in total. The zero-order valence-corrected chi connectivity index (χ0v) is 10.8. The molecule has 0 spiro atoms. The third-order valence-electron chi connectivity index (χ3n) is 2.20. The van der Waals surface area contributed by atoms with Crippen LogP contribution in [-0.4, -0.2) is 29.6 Å². The molecule has 5 heteroatoms. The molecular weight excluding hydrogens is 218 g/mol. The molecule has 0 amide bonds. The molecular formula is C12H19N3O2. The third-order valence-corrected chi connectivity index (χ3v) is 2.20. The van der Waals surface area contributed by atoms with Gasteiger partial charge < -0.3 is 10.1 Å². The molecule has 1 aromatic heterocycles. The van der Waals surface area contributed by atoms with Crippen LogP contribution in [0.15, 0.2) is 12.3 Å². The molecule has 0 fully saturated rings. The monoisotopic (exact) mass is 237 g/mol. The third kappa shape index (κ3) is 4.80. The van der Waals surface area contributed by atoms with E-state index < -0.39 is 5.97 Å². The fraction of sp³-hybridized carbons (Fsp3) is 0.583. The molecule has 0 aliphatic rings. The van der Waals surface area contributed by atoms with E-state index in [2.05, 4.69) is 40.8 Å². The summed E-state index contributed by atoms with van der Waals surface area (Å²) in [7, 11) is 1.31. The van der Waals surface area contributed by atoms with Crippen molar-refractivity contribution in [2.45, 2.75) is 27.2 Å². The SMILES string of the molecule is COC(=O)c1nccc(NCCC(C)(C)C)n1. The Bertz CT molecular complexity index is 386. The van der Waals surface area contributed by atoms with Gasteiger partial charge in [-0.25, -0.2) is 14.8 Å². The van der Waals surface area contributed by atoms with Crippen LogP contribution in [0, 0.1) is 5.41 Å². The lowest BCUT2D eigenvalue weighted by molar-refractivity contribution is 0.0587. The molecule has 0 atom stereocenters. The fourth-order valence-electron chi connectivity index (χ4n) is 1.21. The van der Waals surface area contributed by atoms with Gasteiger partial charge in [0.25, 0.3) is 0 Å². The summed E-state index contributed by atoms with van der Waals surface area (Å²) in [5.41, 5.74) is 0.269. The van der Waals surface area contributed by atoms with Crippen molar-refractivity contribution in [2.75, 3.05) is 19.0 Å². The fourth-order valence-corrected chi connectivity index (χ4v) is 1.21. The molecule has 5 nitrogen and oxygen atoms in total. The van der Waals surface area contributed by atoms with Crippen LogP contribution in [0.25, 0.3) is 0 Å². The highest BCUT2D eigenvalue weighted by Gasteiger charge is 2.11. The van der Waals surface area contributed by atoms with Crippen molar-refractivity contribution in [3.05, 3.63) is 18.1 Å². The summed E-state index contributed by atoms with van der Waals surface area (Å²) in [5.74, 6) is 0.197. The molecule has 0 bridgehead atoms. The van der Waals surface area contributed by atoms with E-state index in [4.69, 9.17) is 0 Å². The number of esters is 1. The predicted molar refractivity (Wildman–Crippen MR) is 65.9 cm³/mol. The Morgan fingerprint density at radius 2 is 2.18 bits per heavy atom. The van der Waals surface area contributed by atoms with Crippen LogP contribution in [-0.2, 0) is 4.74 Å². The molecule has 0 aliphatic carbocycles. The van der Waals surface area contributed by atoms with Gasteiger partial charge in [0.1, 0.15) is 5.82 Å². The quantitative estimate of drug-likeness (QED) is 0.812. The van der Waals surface area contributed by atoms with Crippen molar-refractivity contribution >= 4 is 11.8 Å². The van der Waals surface area contributed by atoms with E-state index in [0.717, 1.165) is 13.0 Å². The van der Waals surface area contributed by atoms with Crippen molar-refractivity contribution in [3.8, 4) is 0 Å². The minimum atomic E-state index is -0.524. The van der Waals surface area contributed by atoms with Gasteiger partial charge in [0.05, 0.1) is 7.11 Å². The minimum absolute atomic E-state index is 0.0771. The number of aromatic nitrogens is 2. The van der Waals surface area contributed by atoms with E-state index in [-0.39, 0.29) is 11.2 Å². The Hall–Kier alpha value is -1.65. The number of nitrogens with one attached hydrogen (secondary N) is 1. The molecule has 0 saturated carbocycles. The Labute approximate surface area is 102 Å². The van der Waals surface area contributed by atoms with Crippen LogP contribution in [0.1, 0.15) is 37.8 Å². The van der Waals surface area contributed by atoms with Crippen LogP contribution in [0.2, 0.25) is 0 Å².